The number of carbonyl (C=O) groups excluding carboxylic acids is 1. The second-order valence-corrected chi connectivity index (χ2v) is 6.89. The molecule has 0 unspecified atom stereocenters. The molecule has 0 aromatic heterocycles. The van der Waals surface area contributed by atoms with E-state index in [4.69, 9.17) is 0 Å². The summed E-state index contributed by atoms with van der Waals surface area (Å²) >= 11 is 0. The molecule has 1 aliphatic rings. The van der Waals surface area contributed by atoms with E-state index in [1.54, 1.807) is 0 Å². The number of amides is 1. The average Bonchev–Trinajstić information content (AvgIpc) is 2.75. The molecule has 2 aromatic rings. The van der Waals surface area contributed by atoms with E-state index in [2.05, 4.69) is 62.4 Å². The van der Waals surface area contributed by atoms with Crippen LogP contribution in [0.15, 0.2) is 54.2 Å². The number of hydrogen-bond donors (Lipinski definition) is 0. The number of aryl methyl sites for hydroxylation is 1. The fourth-order valence-corrected chi connectivity index (χ4v) is 3.40. The summed E-state index contributed by atoms with van der Waals surface area (Å²) in [5.41, 5.74) is 5.60. The number of allylic oxidation sites excluding steroid dienone is 1. The van der Waals surface area contributed by atoms with Crippen molar-refractivity contribution in [3.05, 3.63) is 70.9 Å². The lowest BCUT2D eigenvalue weighted by Crippen LogP contribution is -2.30. The molecular weight excluding hydrogens is 306 g/mol. The van der Waals surface area contributed by atoms with Gasteiger partial charge in [-0.15, -0.1) is 0 Å². The molecule has 2 aromatic carbocycles. The third kappa shape index (κ3) is 4.19. The van der Waals surface area contributed by atoms with Gasteiger partial charge in [0.2, 0.25) is 5.91 Å². The lowest BCUT2D eigenvalue weighted by Gasteiger charge is -2.25. The number of fused-ring (bicyclic) bond motifs is 1. The Balaban J connectivity index is 1.95. The van der Waals surface area contributed by atoms with Gasteiger partial charge in [-0.3, -0.25) is 9.69 Å². The molecule has 0 saturated heterocycles. The van der Waals surface area contributed by atoms with E-state index in [9.17, 15) is 4.79 Å². The molecule has 130 valence electrons. The summed E-state index contributed by atoms with van der Waals surface area (Å²) in [7, 11) is 0. The first kappa shape index (κ1) is 17.5. The van der Waals surface area contributed by atoms with Gasteiger partial charge in [-0.1, -0.05) is 68.1 Å². The van der Waals surface area contributed by atoms with Crippen LogP contribution in [0.5, 0.6) is 0 Å². The molecular formula is C23H27NO. The normalized spacial score (nSPS) is 14.1. The minimum absolute atomic E-state index is 0.163. The van der Waals surface area contributed by atoms with Crippen molar-refractivity contribution < 1.29 is 4.79 Å². The maximum Gasteiger partial charge on any atom is 0.235 e. The van der Waals surface area contributed by atoms with Gasteiger partial charge in [-0.2, -0.15) is 0 Å². The number of benzene rings is 2. The zero-order chi connectivity index (χ0) is 17.6. The summed E-state index contributed by atoms with van der Waals surface area (Å²) in [6, 6.07) is 16.5. The molecule has 1 amide bonds. The highest BCUT2D eigenvalue weighted by atomic mass is 16.2. The van der Waals surface area contributed by atoms with Crippen molar-refractivity contribution in [3.8, 4) is 0 Å². The van der Waals surface area contributed by atoms with Crippen LogP contribution in [0.25, 0.3) is 6.08 Å². The van der Waals surface area contributed by atoms with Gasteiger partial charge in [0.15, 0.2) is 0 Å². The minimum Gasteiger partial charge on any atom is -0.285 e. The molecule has 0 aliphatic carbocycles. The van der Waals surface area contributed by atoms with Crippen molar-refractivity contribution in [2.45, 2.75) is 52.4 Å². The number of hydrogen-bond acceptors (Lipinski definition) is 1. The van der Waals surface area contributed by atoms with E-state index in [1.165, 1.54) is 30.4 Å². The van der Waals surface area contributed by atoms with Crippen LogP contribution in [-0.2, 0) is 11.2 Å². The number of nitrogens with zero attached hydrogens (tertiary/aromatic N) is 1. The first-order valence-electron chi connectivity index (χ1n) is 9.37. The molecule has 0 radical (unpaired) electrons. The Labute approximate surface area is 151 Å². The summed E-state index contributed by atoms with van der Waals surface area (Å²) in [5.74, 6) is 0.163. The summed E-state index contributed by atoms with van der Waals surface area (Å²) in [4.78, 5) is 15.0. The molecule has 0 atom stereocenters. The van der Waals surface area contributed by atoms with Crippen LogP contribution in [-0.4, -0.2) is 5.91 Å². The largest absolute Gasteiger partial charge is 0.285 e. The maximum atomic E-state index is 13.0. The Kier molecular flexibility index (Phi) is 5.70. The Morgan fingerprint density at radius 3 is 2.48 bits per heavy atom. The minimum atomic E-state index is 0.163. The molecule has 0 N–H and O–H groups in total. The summed E-state index contributed by atoms with van der Waals surface area (Å²) in [5, 5.41) is 0. The summed E-state index contributed by atoms with van der Waals surface area (Å²) in [6.45, 7) is 4.30. The maximum absolute atomic E-state index is 13.0. The molecule has 2 heteroatoms. The molecule has 25 heavy (non-hydrogen) atoms. The lowest BCUT2D eigenvalue weighted by atomic mass is 10.0. The monoisotopic (exact) mass is 333 g/mol. The van der Waals surface area contributed by atoms with Crippen molar-refractivity contribution in [2.24, 2.45) is 0 Å². The first-order valence-corrected chi connectivity index (χ1v) is 9.37. The van der Waals surface area contributed by atoms with Gasteiger partial charge in [0.05, 0.1) is 6.42 Å². The summed E-state index contributed by atoms with van der Waals surface area (Å²) < 4.78 is 0. The second kappa shape index (κ2) is 8.15. The highest BCUT2D eigenvalue weighted by molar-refractivity contribution is 6.00. The van der Waals surface area contributed by atoms with Crippen molar-refractivity contribution in [1.29, 1.82) is 0 Å². The van der Waals surface area contributed by atoms with Crippen molar-refractivity contribution >= 4 is 17.7 Å². The number of rotatable bonds is 6. The number of anilines is 1. The van der Waals surface area contributed by atoms with E-state index in [1.807, 2.05) is 11.0 Å². The van der Waals surface area contributed by atoms with Crippen LogP contribution in [0.4, 0.5) is 5.69 Å². The zero-order valence-electron chi connectivity index (χ0n) is 15.3. The van der Waals surface area contributed by atoms with Crippen molar-refractivity contribution in [2.75, 3.05) is 4.90 Å². The Bertz CT molecular complexity index is 758. The Morgan fingerprint density at radius 2 is 1.72 bits per heavy atom. The van der Waals surface area contributed by atoms with E-state index in [0.29, 0.717) is 6.42 Å². The SMILES string of the molecule is CCCCCCC1=Cc2ccccc2CC(=O)N1c1ccc(C)cc1. The summed E-state index contributed by atoms with van der Waals surface area (Å²) in [6.07, 6.45) is 8.42. The van der Waals surface area contributed by atoms with E-state index < -0.39 is 0 Å². The zero-order valence-corrected chi connectivity index (χ0v) is 15.3. The van der Waals surface area contributed by atoms with Gasteiger partial charge >= 0.3 is 0 Å². The second-order valence-electron chi connectivity index (χ2n) is 6.89. The molecule has 1 aliphatic heterocycles. The van der Waals surface area contributed by atoms with E-state index >= 15 is 0 Å². The quantitative estimate of drug-likeness (QED) is 0.603. The van der Waals surface area contributed by atoms with Crippen LogP contribution in [0.2, 0.25) is 0 Å². The third-order valence-electron chi connectivity index (χ3n) is 4.83. The van der Waals surface area contributed by atoms with Crippen molar-refractivity contribution in [3.63, 3.8) is 0 Å². The predicted octanol–water partition coefficient (Wildman–Crippen LogP) is 5.90. The molecule has 0 spiro atoms. The molecule has 3 rings (SSSR count). The van der Waals surface area contributed by atoms with Crippen LogP contribution < -0.4 is 4.90 Å². The fourth-order valence-electron chi connectivity index (χ4n) is 3.40. The topological polar surface area (TPSA) is 20.3 Å². The smallest absolute Gasteiger partial charge is 0.235 e. The first-order chi connectivity index (χ1) is 12.2. The van der Waals surface area contributed by atoms with Gasteiger partial charge in [-0.05, 0) is 49.1 Å². The molecule has 2 nitrogen and oxygen atoms in total. The van der Waals surface area contributed by atoms with Gasteiger partial charge in [0.1, 0.15) is 0 Å². The van der Waals surface area contributed by atoms with E-state index in [0.717, 1.165) is 29.8 Å². The van der Waals surface area contributed by atoms with Gasteiger partial charge < -0.3 is 0 Å². The Hall–Kier alpha value is -2.35. The van der Waals surface area contributed by atoms with Crippen LogP contribution in [0.3, 0.4) is 0 Å². The standard InChI is InChI=1S/C23H27NO/c1-3-4-5-6-11-22-16-19-9-7-8-10-20(19)17-23(25)24(22)21-14-12-18(2)13-15-21/h7-10,12-16H,3-6,11,17H2,1-2H3. The van der Waals surface area contributed by atoms with Crippen molar-refractivity contribution in [1.82, 2.24) is 0 Å². The Morgan fingerprint density at radius 1 is 0.960 bits per heavy atom. The predicted molar refractivity (Wildman–Crippen MR) is 106 cm³/mol. The van der Waals surface area contributed by atoms with E-state index in [-0.39, 0.29) is 5.91 Å². The number of carbonyl (C=O) groups is 1. The van der Waals surface area contributed by atoms with Gasteiger partial charge in [-0.25, -0.2) is 0 Å². The van der Waals surface area contributed by atoms with Gasteiger partial charge in [0, 0.05) is 11.4 Å². The number of unbranched alkanes of at least 4 members (excludes halogenated alkanes) is 3. The van der Waals surface area contributed by atoms with Crippen LogP contribution >= 0.6 is 0 Å². The molecule has 0 bridgehead atoms. The highest BCUT2D eigenvalue weighted by Gasteiger charge is 2.24. The molecule has 0 fully saturated rings. The molecule has 0 saturated carbocycles. The van der Waals surface area contributed by atoms with Gasteiger partial charge in [0.25, 0.3) is 0 Å². The lowest BCUT2D eigenvalue weighted by molar-refractivity contribution is -0.117. The third-order valence-corrected chi connectivity index (χ3v) is 4.83. The van der Waals surface area contributed by atoms with Crippen LogP contribution in [0, 0.1) is 6.92 Å². The highest BCUT2D eigenvalue weighted by Crippen LogP contribution is 2.30. The van der Waals surface area contributed by atoms with Crippen LogP contribution in [0.1, 0.15) is 55.7 Å². The average molecular weight is 333 g/mol. The fraction of sp³-hybridized carbons (Fsp3) is 0.348. The molecule has 1 heterocycles.